The van der Waals surface area contributed by atoms with Crippen molar-refractivity contribution in [3.8, 4) is 0 Å². The van der Waals surface area contributed by atoms with Gasteiger partial charge in [0.1, 0.15) is 0 Å². The van der Waals surface area contributed by atoms with Gasteiger partial charge in [-0.1, -0.05) is 17.7 Å². The van der Waals surface area contributed by atoms with E-state index < -0.39 is 0 Å². The Kier molecular flexibility index (Phi) is 3.70. The average Bonchev–Trinajstić information content (AvgIpc) is 2.21. The number of aryl methyl sites for hydroxylation is 2. The van der Waals surface area contributed by atoms with E-state index in [9.17, 15) is 4.79 Å². The second-order valence-corrected chi connectivity index (χ2v) is 4.86. The first-order valence-corrected chi connectivity index (χ1v) is 5.45. The van der Waals surface area contributed by atoms with Gasteiger partial charge in [-0.25, -0.2) is 0 Å². The molecule has 0 bridgehead atoms. The monoisotopic (exact) mass is 220 g/mol. The van der Waals surface area contributed by atoms with Crippen LogP contribution in [0.4, 0.5) is 0 Å². The first kappa shape index (κ1) is 12.7. The first-order valence-electron chi connectivity index (χ1n) is 5.45. The van der Waals surface area contributed by atoms with Gasteiger partial charge in [0.2, 0.25) is 0 Å². The molecule has 1 rings (SSSR count). The van der Waals surface area contributed by atoms with Gasteiger partial charge in [0, 0.05) is 17.6 Å². The molecular formula is C13H20N2O. The molecule has 0 spiro atoms. The minimum absolute atomic E-state index is 0.0587. The molecule has 0 atom stereocenters. The van der Waals surface area contributed by atoms with Gasteiger partial charge in [0.15, 0.2) is 0 Å². The molecule has 16 heavy (non-hydrogen) atoms. The maximum Gasteiger partial charge on any atom is 0.252 e. The van der Waals surface area contributed by atoms with E-state index in [0.29, 0.717) is 6.54 Å². The molecule has 0 unspecified atom stereocenters. The van der Waals surface area contributed by atoms with E-state index in [1.54, 1.807) is 0 Å². The topological polar surface area (TPSA) is 55.1 Å². The normalized spacial score (nSPS) is 11.3. The summed E-state index contributed by atoms with van der Waals surface area (Å²) in [7, 11) is 0. The van der Waals surface area contributed by atoms with Crippen molar-refractivity contribution in [1.82, 2.24) is 5.32 Å². The van der Waals surface area contributed by atoms with Crippen LogP contribution in [0.1, 0.15) is 35.3 Å². The lowest BCUT2D eigenvalue weighted by molar-refractivity contribution is 0.0915. The van der Waals surface area contributed by atoms with Crippen LogP contribution in [-0.4, -0.2) is 18.0 Å². The predicted octanol–water partition coefficient (Wildman–Crippen LogP) is 1.77. The van der Waals surface area contributed by atoms with E-state index in [1.807, 2.05) is 45.9 Å². The van der Waals surface area contributed by atoms with Gasteiger partial charge >= 0.3 is 0 Å². The third kappa shape index (κ3) is 3.07. The molecule has 0 fully saturated rings. The molecule has 0 aliphatic carbocycles. The third-order valence-corrected chi connectivity index (χ3v) is 2.60. The smallest absolute Gasteiger partial charge is 0.252 e. The number of amides is 1. The highest BCUT2D eigenvalue weighted by Crippen LogP contribution is 2.12. The van der Waals surface area contributed by atoms with Crippen LogP contribution >= 0.6 is 0 Å². The van der Waals surface area contributed by atoms with Gasteiger partial charge in [-0.2, -0.15) is 0 Å². The number of carbonyl (C=O) groups excluding carboxylic acids is 1. The van der Waals surface area contributed by atoms with Crippen LogP contribution in [0.25, 0.3) is 0 Å². The lowest BCUT2D eigenvalue weighted by Crippen LogP contribution is -2.49. The van der Waals surface area contributed by atoms with E-state index in [-0.39, 0.29) is 11.4 Å². The lowest BCUT2D eigenvalue weighted by atomic mass is 10.0. The van der Waals surface area contributed by atoms with Crippen LogP contribution < -0.4 is 11.1 Å². The Morgan fingerprint density at radius 1 is 1.38 bits per heavy atom. The lowest BCUT2D eigenvalue weighted by Gasteiger charge is -2.24. The highest BCUT2D eigenvalue weighted by molar-refractivity contribution is 5.96. The van der Waals surface area contributed by atoms with E-state index in [0.717, 1.165) is 16.7 Å². The van der Waals surface area contributed by atoms with E-state index in [1.165, 1.54) is 0 Å². The molecule has 1 aromatic rings. The summed E-state index contributed by atoms with van der Waals surface area (Å²) < 4.78 is 0. The van der Waals surface area contributed by atoms with Crippen molar-refractivity contribution in [2.45, 2.75) is 33.2 Å². The van der Waals surface area contributed by atoms with Crippen molar-refractivity contribution in [3.63, 3.8) is 0 Å². The number of carbonyl (C=O) groups is 1. The van der Waals surface area contributed by atoms with Gasteiger partial charge in [-0.05, 0) is 39.3 Å². The van der Waals surface area contributed by atoms with Gasteiger partial charge in [-0.3, -0.25) is 4.79 Å². The van der Waals surface area contributed by atoms with Crippen molar-refractivity contribution in [3.05, 3.63) is 34.9 Å². The Labute approximate surface area is 97.0 Å². The van der Waals surface area contributed by atoms with Crippen molar-refractivity contribution in [2.75, 3.05) is 6.54 Å². The number of benzene rings is 1. The number of nitrogens with one attached hydrogen (secondary N) is 1. The molecule has 0 saturated heterocycles. The molecule has 3 nitrogen and oxygen atoms in total. The summed E-state index contributed by atoms with van der Waals surface area (Å²) in [5.74, 6) is -0.0587. The Bertz CT molecular complexity index is 397. The first-order chi connectivity index (χ1) is 7.35. The van der Waals surface area contributed by atoms with Crippen molar-refractivity contribution >= 4 is 5.91 Å². The zero-order chi connectivity index (χ0) is 12.3. The van der Waals surface area contributed by atoms with Crippen LogP contribution in [0.15, 0.2) is 18.2 Å². The summed E-state index contributed by atoms with van der Waals surface area (Å²) in [5.41, 5.74) is 8.01. The van der Waals surface area contributed by atoms with Crippen LogP contribution in [0, 0.1) is 13.8 Å². The summed E-state index contributed by atoms with van der Waals surface area (Å²) in [5, 5.41) is 2.93. The van der Waals surface area contributed by atoms with Crippen molar-refractivity contribution in [1.29, 1.82) is 0 Å². The largest absolute Gasteiger partial charge is 0.346 e. The van der Waals surface area contributed by atoms with E-state index in [2.05, 4.69) is 5.32 Å². The second-order valence-electron chi connectivity index (χ2n) is 4.86. The molecule has 0 radical (unpaired) electrons. The standard InChI is InChI=1S/C13H20N2O/c1-9-5-6-10(2)11(7-9)12(16)15-13(3,4)8-14/h5-7H,8,14H2,1-4H3,(H,15,16). The predicted molar refractivity (Wildman–Crippen MR) is 66.5 cm³/mol. The van der Waals surface area contributed by atoms with Gasteiger partial charge in [-0.15, -0.1) is 0 Å². The molecule has 3 heteroatoms. The molecule has 1 amide bonds. The van der Waals surface area contributed by atoms with Crippen LogP contribution in [0.3, 0.4) is 0 Å². The maximum atomic E-state index is 12.0. The minimum Gasteiger partial charge on any atom is -0.346 e. The quantitative estimate of drug-likeness (QED) is 0.815. The molecule has 0 aliphatic heterocycles. The van der Waals surface area contributed by atoms with Crippen molar-refractivity contribution < 1.29 is 4.79 Å². The Hall–Kier alpha value is -1.35. The fraction of sp³-hybridized carbons (Fsp3) is 0.462. The highest BCUT2D eigenvalue weighted by atomic mass is 16.1. The van der Waals surface area contributed by atoms with E-state index >= 15 is 0 Å². The fourth-order valence-corrected chi connectivity index (χ4v) is 1.41. The fourth-order valence-electron chi connectivity index (χ4n) is 1.41. The van der Waals surface area contributed by atoms with Gasteiger partial charge in [0.05, 0.1) is 0 Å². The number of hydrogen-bond donors (Lipinski definition) is 2. The highest BCUT2D eigenvalue weighted by Gasteiger charge is 2.20. The van der Waals surface area contributed by atoms with Crippen LogP contribution in [0.5, 0.6) is 0 Å². The summed E-state index contributed by atoms with van der Waals surface area (Å²) in [6, 6.07) is 5.86. The van der Waals surface area contributed by atoms with Crippen molar-refractivity contribution in [2.24, 2.45) is 5.73 Å². The zero-order valence-corrected chi connectivity index (χ0v) is 10.4. The number of hydrogen-bond acceptors (Lipinski definition) is 2. The van der Waals surface area contributed by atoms with Crippen LogP contribution in [-0.2, 0) is 0 Å². The summed E-state index contributed by atoms with van der Waals surface area (Å²) in [4.78, 5) is 12.0. The minimum atomic E-state index is -0.368. The zero-order valence-electron chi connectivity index (χ0n) is 10.4. The summed E-state index contributed by atoms with van der Waals surface area (Å²) >= 11 is 0. The Morgan fingerprint density at radius 2 is 2.00 bits per heavy atom. The van der Waals surface area contributed by atoms with E-state index in [4.69, 9.17) is 5.73 Å². The molecule has 0 aliphatic rings. The van der Waals surface area contributed by atoms with Crippen LogP contribution in [0.2, 0.25) is 0 Å². The van der Waals surface area contributed by atoms with Gasteiger partial charge in [0.25, 0.3) is 5.91 Å². The molecule has 3 N–H and O–H groups in total. The third-order valence-electron chi connectivity index (χ3n) is 2.60. The summed E-state index contributed by atoms with van der Waals surface area (Å²) in [6.45, 7) is 8.16. The summed E-state index contributed by atoms with van der Waals surface area (Å²) in [6.07, 6.45) is 0. The molecule has 88 valence electrons. The Balaban J connectivity index is 2.93. The molecule has 0 heterocycles. The SMILES string of the molecule is Cc1ccc(C)c(C(=O)NC(C)(C)CN)c1. The second kappa shape index (κ2) is 4.66. The van der Waals surface area contributed by atoms with Gasteiger partial charge < -0.3 is 11.1 Å². The maximum absolute atomic E-state index is 12.0. The molecule has 1 aromatic carbocycles. The molecular weight excluding hydrogens is 200 g/mol. The number of rotatable bonds is 3. The molecule has 0 saturated carbocycles. The average molecular weight is 220 g/mol. The number of nitrogens with two attached hydrogens (primary N) is 1. The molecule has 0 aromatic heterocycles. The Morgan fingerprint density at radius 3 is 2.56 bits per heavy atom.